The minimum atomic E-state index is 0. The topological polar surface area (TPSA) is 109 Å². The number of methoxy groups -OCH3 is 2. The molecule has 61 heavy (non-hydrogen) atoms. The third-order valence-electron chi connectivity index (χ3n) is 11.3. The van der Waals surface area contributed by atoms with Gasteiger partial charge in [-0.25, -0.2) is 0 Å². The minimum absolute atomic E-state index is 0. The van der Waals surface area contributed by atoms with E-state index >= 15 is 0 Å². The van der Waals surface area contributed by atoms with E-state index in [0.717, 1.165) is 93.0 Å². The number of pyridine rings is 2. The van der Waals surface area contributed by atoms with Crippen LogP contribution >= 0.6 is 0 Å². The maximum absolute atomic E-state index is 6.28. The van der Waals surface area contributed by atoms with Crippen molar-refractivity contribution < 1.29 is 86.1 Å². The standard InChI is InChI=1S/C46H46N2O11.2ClH/c1-49-39-5-3-29-19-37-33-23-43-41(56-27-58-43)21-31(33)7-9-47(37)25-35(29)45(39)54-17-15-52-13-11-51-12-14-53-16-18-55-46-36-26-48-10-8-32-22-42-44(59-28-57-42)24-34(32)38(48)20-30(36)4-6-40(46)50-2;;/h3-6,19-26H,7-18,27-28H2,1-2H3;2*1H/q+2;;/p-2. The number of rotatable bonds is 16. The van der Waals surface area contributed by atoms with Crippen molar-refractivity contribution in [3.8, 4) is 68.5 Å². The summed E-state index contributed by atoms with van der Waals surface area (Å²) in [6.45, 7) is 5.57. The van der Waals surface area contributed by atoms with Crippen LogP contribution in [0, 0.1) is 0 Å². The highest BCUT2D eigenvalue weighted by Crippen LogP contribution is 2.43. The molecule has 10 rings (SSSR count). The molecule has 6 heterocycles. The van der Waals surface area contributed by atoms with Crippen molar-refractivity contribution in [3.05, 3.63) is 84.2 Å². The largest absolute Gasteiger partial charge is 1.00 e. The van der Waals surface area contributed by atoms with Crippen LogP contribution in [0.1, 0.15) is 11.1 Å². The Morgan fingerprint density at radius 2 is 0.885 bits per heavy atom. The first-order valence-electron chi connectivity index (χ1n) is 20.1. The monoisotopic (exact) mass is 872 g/mol. The number of aryl methyl sites for hydroxylation is 4. The average Bonchev–Trinajstić information content (AvgIpc) is 3.94. The van der Waals surface area contributed by atoms with E-state index in [1.54, 1.807) is 14.2 Å². The lowest BCUT2D eigenvalue weighted by molar-refractivity contribution is -0.686. The Morgan fingerprint density at radius 1 is 0.492 bits per heavy atom. The average molecular weight is 874 g/mol. The Morgan fingerprint density at radius 3 is 1.30 bits per heavy atom. The molecule has 0 radical (unpaired) electrons. The van der Waals surface area contributed by atoms with Crippen LogP contribution in [-0.2, 0) is 40.1 Å². The molecule has 4 aliphatic heterocycles. The van der Waals surface area contributed by atoms with Crippen LogP contribution in [0.2, 0.25) is 0 Å². The molecule has 0 saturated heterocycles. The number of fused-ring (bicyclic) bond motifs is 10. The van der Waals surface area contributed by atoms with Gasteiger partial charge in [0.15, 0.2) is 71.5 Å². The van der Waals surface area contributed by atoms with Gasteiger partial charge in [0.05, 0.1) is 75.8 Å². The molecule has 15 heteroatoms. The first-order valence-corrected chi connectivity index (χ1v) is 20.1. The quantitative estimate of drug-likeness (QED) is 0.0971. The Balaban J connectivity index is 0.00000257. The summed E-state index contributed by atoms with van der Waals surface area (Å²) >= 11 is 0. The number of halogens is 2. The van der Waals surface area contributed by atoms with E-state index < -0.39 is 0 Å². The van der Waals surface area contributed by atoms with Crippen LogP contribution < -0.4 is 71.8 Å². The van der Waals surface area contributed by atoms with Crippen molar-refractivity contribution >= 4 is 21.5 Å². The van der Waals surface area contributed by atoms with Gasteiger partial charge in [0.25, 0.3) is 0 Å². The summed E-state index contributed by atoms with van der Waals surface area (Å²) in [4.78, 5) is 0. The van der Waals surface area contributed by atoms with Gasteiger partial charge in [-0.3, -0.25) is 0 Å². The predicted octanol–water partition coefficient (Wildman–Crippen LogP) is 0.00440. The lowest BCUT2D eigenvalue weighted by atomic mass is 9.95. The van der Waals surface area contributed by atoms with Crippen molar-refractivity contribution in [1.29, 1.82) is 0 Å². The summed E-state index contributed by atoms with van der Waals surface area (Å²) < 4.78 is 68.5. The van der Waals surface area contributed by atoms with Gasteiger partial charge in [-0.15, -0.1) is 0 Å². The summed E-state index contributed by atoms with van der Waals surface area (Å²) in [5.74, 6) is 5.99. The van der Waals surface area contributed by atoms with Crippen LogP contribution in [0.5, 0.6) is 46.0 Å². The van der Waals surface area contributed by atoms with Gasteiger partial charge in [-0.05, 0) is 70.4 Å². The van der Waals surface area contributed by atoms with E-state index in [1.165, 1.54) is 11.1 Å². The second kappa shape index (κ2) is 18.7. The zero-order chi connectivity index (χ0) is 39.7. The van der Waals surface area contributed by atoms with Gasteiger partial charge in [0.1, 0.15) is 13.2 Å². The Kier molecular flexibility index (Phi) is 12.9. The third-order valence-corrected chi connectivity index (χ3v) is 11.3. The highest BCUT2D eigenvalue weighted by Gasteiger charge is 2.30. The highest BCUT2D eigenvalue weighted by atomic mass is 35.5. The second-order valence-electron chi connectivity index (χ2n) is 14.7. The maximum atomic E-state index is 6.28. The summed E-state index contributed by atoms with van der Waals surface area (Å²) in [7, 11) is 3.32. The molecule has 0 spiro atoms. The normalized spacial score (nSPS) is 13.7. The molecule has 2 aromatic heterocycles. The lowest BCUT2D eigenvalue weighted by Gasteiger charge is -2.18. The molecule has 4 aromatic carbocycles. The summed E-state index contributed by atoms with van der Waals surface area (Å²) in [5.41, 5.74) is 7.12. The van der Waals surface area contributed by atoms with E-state index in [4.69, 9.17) is 52.1 Å². The Labute approximate surface area is 365 Å². The van der Waals surface area contributed by atoms with Gasteiger partial charge < -0.3 is 76.9 Å². The van der Waals surface area contributed by atoms with Crippen molar-refractivity contribution in [2.24, 2.45) is 0 Å². The molecule has 4 aliphatic rings. The Hall–Kier alpha value is -5.44. The van der Waals surface area contributed by atoms with Crippen molar-refractivity contribution in [1.82, 2.24) is 0 Å². The van der Waals surface area contributed by atoms with Crippen molar-refractivity contribution in [2.75, 3.05) is 80.7 Å². The van der Waals surface area contributed by atoms with E-state index in [2.05, 4.69) is 70.1 Å². The molecule has 0 amide bonds. The Bertz CT molecular complexity index is 2400. The van der Waals surface area contributed by atoms with Crippen LogP contribution in [0.3, 0.4) is 0 Å². The molecule has 0 saturated carbocycles. The van der Waals surface area contributed by atoms with Gasteiger partial charge in [0, 0.05) is 25.0 Å². The lowest BCUT2D eigenvalue weighted by Crippen LogP contribution is -3.00. The molecule has 6 aromatic rings. The molecule has 0 fully saturated rings. The van der Waals surface area contributed by atoms with Crippen molar-refractivity contribution in [3.63, 3.8) is 0 Å². The molecule has 320 valence electrons. The highest BCUT2D eigenvalue weighted by molar-refractivity contribution is 5.93. The van der Waals surface area contributed by atoms with Gasteiger partial charge in [-0.2, -0.15) is 9.13 Å². The maximum Gasteiger partial charge on any atom is 0.231 e. The number of hydrogen-bond donors (Lipinski definition) is 0. The fourth-order valence-corrected chi connectivity index (χ4v) is 8.36. The molecule has 13 nitrogen and oxygen atoms in total. The summed E-state index contributed by atoms with van der Waals surface area (Å²) in [6.07, 6.45) is 6.11. The molecule has 0 unspecified atom stereocenters. The van der Waals surface area contributed by atoms with Crippen molar-refractivity contribution in [2.45, 2.75) is 25.9 Å². The third kappa shape index (κ3) is 8.32. The van der Waals surface area contributed by atoms with Gasteiger partial charge in [0.2, 0.25) is 25.0 Å². The molecular formula is C46H46Cl2N2O11. The predicted molar refractivity (Wildman–Crippen MR) is 215 cm³/mol. The zero-order valence-electron chi connectivity index (χ0n) is 34.0. The fraction of sp³-hybridized carbons (Fsp3) is 0.348. The van der Waals surface area contributed by atoms with E-state index in [0.29, 0.717) is 75.9 Å². The van der Waals surface area contributed by atoms with Crippen LogP contribution in [-0.4, -0.2) is 80.7 Å². The first-order chi connectivity index (χ1) is 29.1. The van der Waals surface area contributed by atoms with E-state index in [9.17, 15) is 0 Å². The minimum Gasteiger partial charge on any atom is -1.00 e. The number of aromatic nitrogens is 2. The summed E-state index contributed by atoms with van der Waals surface area (Å²) in [6, 6.07) is 20.8. The SMILES string of the molecule is COc1ccc2cc3[n+](cc2c1OCCOCCOCCOCCOc1c(OC)ccc2cc4[n+](cc12)CCc1cc2c(cc1-4)OCO2)CCc1cc2c(cc1-3)OCO2.[Cl-].[Cl-]. The van der Waals surface area contributed by atoms with Gasteiger partial charge >= 0.3 is 0 Å². The first kappa shape index (κ1) is 42.3. The fourth-order valence-electron chi connectivity index (χ4n) is 8.36. The number of benzene rings is 4. The molecule has 0 aliphatic carbocycles. The summed E-state index contributed by atoms with van der Waals surface area (Å²) in [5, 5.41) is 4.10. The van der Waals surface area contributed by atoms with Crippen LogP contribution in [0.4, 0.5) is 0 Å². The number of nitrogens with zero attached hydrogens (tertiary/aromatic N) is 2. The number of hydrogen-bond acceptors (Lipinski definition) is 11. The van der Waals surface area contributed by atoms with Crippen LogP contribution in [0.15, 0.2) is 73.1 Å². The second-order valence-corrected chi connectivity index (χ2v) is 14.7. The molecule has 0 bridgehead atoms. The molecule has 0 atom stereocenters. The molecule has 0 N–H and O–H groups in total. The van der Waals surface area contributed by atoms with Gasteiger partial charge in [-0.1, -0.05) is 0 Å². The number of ether oxygens (including phenoxy) is 11. The smallest absolute Gasteiger partial charge is 0.231 e. The molecular weight excluding hydrogens is 827 g/mol. The van der Waals surface area contributed by atoms with E-state index in [-0.39, 0.29) is 38.4 Å². The van der Waals surface area contributed by atoms with Crippen LogP contribution in [0.25, 0.3) is 44.1 Å². The zero-order valence-corrected chi connectivity index (χ0v) is 35.5. The van der Waals surface area contributed by atoms with E-state index in [1.807, 2.05) is 12.1 Å².